The van der Waals surface area contributed by atoms with Gasteiger partial charge in [-0.2, -0.15) is 0 Å². The summed E-state index contributed by atoms with van der Waals surface area (Å²) in [5.74, 6) is 1.45. The van der Waals surface area contributed by atoms with E-state index in [1.807, 2.05) is 30.3 Å². The third-order valence-electron chi connectivity index (χ3n) is 3.27. The number of aryl methyl sites for hydroxylation is 1. The highest BCUT2D eigenvalue weighted by molar-refractivity contribution is 5.85. The molecule has 1 heterocycles. The number of ether oxygens (including phenoxy) is 1. The summed E-state index contributed by atoms with van der Waals surface area (Å²) in [5.41, 5.74) is 8.91. The number of benzene rings is 2. The molecule has 2 N–H and O–H groups in total. The number of hydrogen-bond acceptors (Lipinski definition) is 3. The Labute approximate surface area is 118 Å². The zero-order valence-electron chi connectivity index (χ0n) is 11.4. The lowest BCUT2D eigenvalue weighted by molar-refractivity contribution is 0.299. The number of fused-ring (bicyclic) bond motifs is 1. The van der Waals surface area contributed by atoms with Crippen LogP contribution in [0.3, 0.4) is 0 Å². The van der Waals surface area contributed by atoms with E-state index in [0.717, 1.165) is 22.3 Å². The summed E-state index contributed by atoms with van der Waals surface area (Å²) in [6.45, 7) is 2.91. The van der Waals surface area contributed by atoms with Crippen LogP contribution in [0.1, 0.15) is 16.9 Å². The van der Waals surface area contributed by atoms with Gasteiger partial charge < -0.3 is 14.9 Å². The standard InChI is InChI=1S/C17H17NO2/c1-12-5-4-6-13(9-12)11-19-17-14-7-2-3-8-15(14)20-16(17)10-18/h2-9H,10-11,18H2,1H3. The average molecular weight is 267 g/mol. The van der Waals surface area contributed by atoms with Crippen LogP contribution in [0.25, 0.3) is 11.0 Å². The number of furan rings is 1. The summed E-state index contributed by atoms with van der Waals surface area (Å²) < 4.78 is 11.7. The molecule has 2 aromatic carbocycles. The minimum atomic E-state index is 0.331. The fourth-order valence-electron chi connectivity index (χ4n) is 2.32. The van der Waals surface area contributed by atoms with Crippen LogP contribution < -0.4 is 10.5 Å². The second-order valence-electron chi connectivity index (χ2n) is 4.83. The molecule has 0 fully saturated rings. The van der Waals surface area contributed by atoms with Crippen molar-refractivity contribution in [1.82, 2.24) is 0 Å². The van der Waals surface area contributed by atoms with Gasteiger partial charge in [0.25, 0.3) is 0 Å². The zero-order chi connectivity index (χ0) is 13.9. The van der Waals surface area contributed by atoms with Gasteiger partial charge in [-0.05, 0) is 24.6 Å². The molecule has 0 radical (unpaired) electrons. The molecule has 0 aliphatic heterocycles. The van der Waals surface area contributed by atoms with E-state index in [1.165, 1.54) is 5.56 Å². The Morgan fingerprint density at radius 2 is 1.95 bits per heavy atom. The van der Waals surface area contributed by atoms with Gasteiger partial charge in [-0.25, -0.2) is 0 Å². The van der Waals surface area contributed by atoms with Crippen molar-refractivity contribution in [3.8, 4) is 5.75 Å². The first-order chi connectivity index (χ1) is 9.78. The zero-order valence-corrected chi connectivity index (χ0v) is 11.4. The molecule has 3 heteroatoms. The van der Waals surface area contributed by atoms with E-state index in [2.05, 4.69) is 25.1 Å². The van der Waals surface area contributed by atoms with Crippen molar-refractivity contribution >= 4 is 11.0 Å². The quantitative estimate of drug-likeness (QED) is 0.782. The lowest BCUT2D eigenvalue weighted by Crippen LogP contribution is -2.00. The van der Waals surface area contributed by atoms with Gasteiger partial charge in [0.1, 0.15) is 12.2 Å². The van der Waals surface area contributed by atoms with Crippen molar-refractivity contribution in [2.24, 2.45) is 5.73 Å². The summed E-state index contributed by atoms with van der Waals surface area (Å²) in [6, 6.07) is 16.1. The predicted molar refractivity (Wildman–Crippen MR) is 79.6 cm³/mol. The number of hydrogen-bond donors (Lipinski definition) is 1. The Balaban J connectivity index is 1.90. The molecule has 0 aliphatic rings. The fraction of sp³-hybridized carbons (Fsp3) is 0.176. The Kier molecular flexibility index (Phi) is 3.44. The molecule has 3 aromatic rings. The highest BCUT2D eigenvalue weighted by Gasteiger charge is 2.14. The summed E-state index contributed by atoms with van der Waals surface area (Å²) in [4.78, 5) is 0. The molecule has 0 saturated carbocycles. The molecule has 20 heavy (non-hydrogen) atoms. The van der Waals surface area contributed by atoms with Crippen molar-refractivity contribution in [3.05, 3.63) is 65.4 Å². The van der Waals surface area contributed by atoms with E-state index < -0.39 is 0 Å². The van der Waals surface area contributed by atoms with Crippen LogP contribution in [0.4, 0.5) is 0 Å². The molecular weight excluding hydrogens is 250 g/mol. The summed E-state index contributed by atoms with van der Waals surface area (Å²) >= 11 is 0. The molecule has 1 aromatic heterocycles. The predicted octanol–water partition coefficient (Wildman–Crippen LogP) is 3.78. The van der Waals surface area contributed by atoms with E-state index in [0.29, 0.717) is 18.9 Å². The Morgan fingerprint density at radius 3 is 2.75 bits per heavy atom. The number of rotatable bonds is 4. The molecule has 0 atom stereocenters. The van der Waals surface area contributed by atoms with Crippen LogP contribution >= 0.6 is 0 Å². The second kappa shape index (κ2) is 5.39. The lowest BCUT2D eigenvalue weighted by Gasteiger charge is -2.07. The van der Waals surface area contributed by atoms with Gasteiger partial charge in [0.2, 0.25) is 0 Å². The van der Waals surface area contributed by atoms with Gasteiger partial charge in [-0.15, -0.1) is 0 Å². The van der Waals surface area contributed by atoms with E-state index in [9.17, 15) is 0 Å². The molecule has 102 valence electrons. The van der Waals surface area contributed by atoms with Gasteiger partial charge in [-0.1, -0.05) is 42.0 Å². The van der Waals surface area contributed by atoms with Crippen LogP contribution in [0.2, 0.25) is 0 Å². The Bertz CT molecular complexity index is 731. The molecule has 3 rings (SSSR count). The van der Waals surface area contributed by atoms with Crippen molar-refractivity contribution in [2.45, 2.75) is 20.1 Å². The summed E-state index contributed by atoms with van der Waals surface area (Å²) in [5, 5.41) is 0.973. The first-order valence-electron chi connectivity index (χ1n) is 6.67. The maximum absolute atomic E-state index is 5.95. The second-order valence-corrected chi connectivity index (χ2v) is 4.83. The first kappa shape index (κ1) is 12.8. The minimum absolute atomic E-state index is 0.331. The van der Waals surface area contributed by atoms with Crippen LogP contribution in [-0.4, -0.2) is 0 Å². The topological polar surface area (TPSA) is 48.4 Å². The highest BCUT2D eigenvalue weighted by atomic mass is 16.5. The molecule has 3 nitrogen and oxygen atoms in total. The molecular formula is C17H17NO2. The maximum Gasteiger partial charge on any atom is 0.170 e. The normalized spacial score (nSPS) is 10.9. The van der Waals surface area contributed by atoms with Crippen molar-refractivity contribution < 1.29 is 9.15 Å². The minimum Gasteiger partial charge on any atom is -0.485 e. The van der Waals surface area contributed by atoms with E-state index in [1.54, 1.807) is 0 Å². The molecule has 0 amide bonds. The van der Waals surface area contributed by atoms with Crippen LogP contribution in [0, 0.1) is 6.92 Å². The van der Waals surface area contributed by atoms with E-state index in [4.69, 9.17) is 14.9 Å². The molecule has 0 aliphatic carbocycles. The van der Waals surface area contributed by atoms with Crippen molar-refractivity contribution in [1.29, 1.82) is 0 Å². The van der Waals surface area contributed by atoms with Crippen LogP contribution in [-0.2, 0) is 13.2 Å². The van der Waals surface area contributed by atoms with Gasteiger partial charge in [0.15, 0.2) is 11.5 Å². The Morgan fingerprint density at radius 1 is 1.10 bits per heavy atom. The lowest BCUT2D eigenvalue weighted by atomic mass is 10.1. The molecule has 0 saturated heterocycles. The SMILES string of the molecule is Cc1cccc(COc2c(CN)oc3ccccc23)c1. The monoisotopic (exact) mass is 267 g/mol. The average Bonchev–Trinajstić information content (AvgIpc) is 2.83. The first-order valence-corrected chi connectivity index (χ1v) is 6.67. The smallest absolute Gasteiger partial charge is 0.170 e. The number of nitrogens with two attached hydrogens (primary N) is 1. The number of para-hydroxylation sites is 1. The van der Waals surface area contributed by atoms with Crippen LogP contribution in [0.15, 0.2) is 52.9 Å². The summed E-state index contributed by atoms with van der Waals surface area (Å²) in [6.07, 6.45) is 0. The molecule has 0 unspecified atom stereocenters. The van der Waals surface area contributed by atoms with Gasteiger partial charge in [0.05, 0.1) is 11.9 Å². The fourth-order valence-corrected chi connectivity index (χ4v) is 2.32. The third-order valence-corrected chi connectivity index (χ3v) is 3.27. The van der Waals surface area contributed by atoms with E-state index >= 15 is 0 Å². The largest absolute Gasteiger partial charge is 0.485 e. The summed E-state index contributed by atoms with van der Waals surface area (Å²) in [7, 11) is 0. The van der Waals surface area contributed by atoms with Crippen LogP contribution in [0.5, 0.6) is 5.75 Å². The van der Waals surface area contributed by atoms with Crippen molar-refractivity contribution in [3.63, 3.8) is 0 Å². The van der Waals surface area contributed by atoms with Gasteiger partial charge in [0, 0.05) is 0 Å². The van der Waals surface area contributed by atoms with Crippen molar-refractivity contribution in [2.75, 3.05) is 0 Å². The molecule has 0 spiro atoms. The highest BCUT2D eigenvalue weighted by Crippen LogP contribution is 2.33. The third kappa shape index (κ3) is 2.40. The Hall–Kier alpha value is -2.26. The molecule has 0 bridgehead atoms. The van der Waals surface area contributed by atoms with E-state index in [-0.39, 0.29) is 0 Å². The van der Waals surface area contributed by atoms with Gasteiger partial charge in [-0.3, -0.25) is 0 Å². The van der Waals surface area contributed by atoms with Gasteiger partial charge >= 0.3 is 0 Å². The maximum atomic E-state index is 5.95.